The molecule has 0 saturated carbocycles. The molecule has 0 bridgehead atoms. The van der Waals surface area contributed by atoms with E-state index in [1.165, 1.54) is 10.4 Å². The van der Waals surface area contributed by atoms with Gasteiger partial charge in [-0.05, 0) is 42.7 Å². The van der Waals surface area contributed by atoms with E-state index in [2.05, 4.69) is 23.7 Å². The van der Waals surface area contributed by atoms with Crippen molar-refractivity contribution in [1.82, 2.24) is 10.2 Å². The summed E-state index contributed by atoms with van der Waals surface area (Å²) in [4.78, 5) is 15.9. The Hall–Kier alpha value is -1.07. The van der Waals surface area contributed by atoms with Crippen LogP contribution < -0.4 is 5.32 Å². The van der Waals surface area contributed by atoms with Gasteiger partial charge < -0.3 is 15.0 Å². The van der Waals surface area contributed by atoms with Crippen LogP contribution in [0.5, 0.6) is 0 Å². The van der Waals surface area contributed by atoms with Gasteiger partial charge in [-0.15, -0.1) is 11.3 Å². The van der Waals surface area contributed by atoms with Gasteiger partial charge in [0.05, 0.1) is 12.1 Å². The van der Waals surface area contributed by atoms with Crippen molar-refractivity contribution in [3.8, 4) is 0 Å². The van der Waals surface area contributed by atoms with Crippen molar-refractivity contribution in [1.29, 1.82) is 0 Å². The average Bonchev–Trinajstić information content (AvgIpc) is 3.14. The number of urea groups is 1. The Morgan fingerprint density at radius 2 is 2.50 bits per heavy atom. The van der Waals surface area contributed by atoms with Crippen LogP contribution in [0.15, 0.2) is 11.4 Å². The fourth-order valence-electron chi connectivity index (χ4n) is 3.19. The maximum atomic E-state index is 12.4. The summed E-state index contributed by atoms with van der Waals surface area (Å²) in [5, 5.41) is 5.19. The van der Waals surface area contributed by atoms with Crippen molar-refractivity contribution in [3.63, 3.8) is 0 Å². The van der Waals surface area contributed by atoms with Crippen molar-refractivity contribution in [2.45, 2.75) is 44.8 Å². The van der Waals surface area contributed by atoms with E-state index in [0.29, 0.717) is 6.54 Å². The van der Waals surface area contributed by atoms with Crippen molar-refractivity contribution in [2.24, 2.45) is 0 Å². The Morgan fingerprint density at radius 3 is 3.25 bits per heavy atom. The van der Waals surface area contributed by atoms with Crippen LogP contribution in [-0.4, -0.2) is 36.7 Å². The summed E-state index contributed by atoms with van der Waals surface area (Å²) in [5.41, 5.74) is 1.34. The molecule has 4 nitrogen and oxygen atoms in total. The van der Waals surface area contributed by atoms with Crippen LogP contribution in [0.1, 0.15) is 42.7 Å². The van der Waals surface area contributed by atoms with Gasteiger partial charge in [-0.3, -0.25) is 0 Å². The quantitative estimate of drug-likeness (QED) is 0.931. The molecule has 2 atom stereocenters. The minimum Gasteiger partial charge on any atom is -0.376 e. The second-order valence-corrected chi connectivity index (χ2v) is 6.49. The molecule has 0 spiro atoms. The number of ether oxygens (including phenoxy) is 1. The first-order chi connectivity index (χ1) is 9.79. The highest BCUT2D eigenvalue weighted by atomic mass is 32.1. The molecule has 0 aromatic carbocycles. The monoisotopic (exact) mass is 294 g/mol. The average molecular weight is 294 g/mol. The fourth-order valence-corrected chi connectivity index (χ4v) is 4.12. The zero-order valence-corrected chi connectivity index (χ0v) is 12.7. The summed E-state index contributed by atoms with van der Waals surface area (Å²) in [7, 11) is 0. The zero-order valence-electron chi connectivity index (χ0n) is 11.9. The predicted molar refractivity (Wildman–Crippen MR) is 80.1 cm³/mol. The molecule has 0 aliphatic carbocycles. The van der Waals surface area contributed by atoms with Crippen LogP contribution in [0.4, 0.5) is 4.79 Å². The number of nitrogens with zero attached hydrogens (tertiary/aromatic N) is 1. The van der Waals surface area contributed by atoms with Crippen LogP contribution in [0.25, 0.3) is 0 Å². The lowest BCUT2D eigenvalue weighted by atomic mass is 9.98. The van der Waals surface area contributed by atoms with E-state index in [-0.39, 0.29) is 18.2 Å². The number of hydrogen-bond donors (Lipinski definition) is 1. The minimum atomic E-state index is 0.0594. The highest BCUT2D eigenvalue weighted by Gasteiger charge is 2.30. The molecule has 2 aliphatic rings. The van der Waals surface area contributed by atoms with Gasteiger partial charge in [-0.1, -0.05) is 6.92 Å². The van der Waals surface area contributed by atoms with Gasteiger partial charge >= 0.3 is 6.03 Å². The molecule has 20 heavy (non-hydrogen) atoms. The van der Waals surface area contributed by atoms with Gasteiger partial charge in [0.1, 0.15) is 0 Å². The van der Waals surface area contributed by atoms with Crippen molar-refractivity contribution < 1.29 is 9.53 Å². The van der Waals surface area contributed by atoms with E-state index in [0.717, 1.165) is 38.8 Å². The molecule has 1 saturated heterocycles. The predicted octanol–water partition coefficient (Wildman–Crippen LogP) is 2.95. The molecule has 5 heteroatoms. The van der Waals surface area contributed by atoms with Crippen molar-refractivity contribution in [2.75, 3.05) is 19.7 Å². The molecule has 1 fully saturated rings. The van der Waals surface area contributed by atoms with Gasteiger partial charge in [0.25, 0.3) is 0 Å². The van der Waals surface area contributed by atoms with E-state index in [9.17, 15) is 4.79 Å². The summed E-state index contributed by atoms with van der Waals surface area (Å²) in [6, 6.07) is 2.46. The highest BCUT2D eigenvalue weighted by molar-refractivity contribution is 7.10. The number of fused-ring (bicyclic) bond motifs is 1. The molecular weight excluding hydrogens is 272 g/mol. The molecule has 1 aromatic heterocycles. The van der Waals surface area contributed by atoms with Crippen LogP contribution in [0.2, 0.25) is 0 Å². The summed E-state index contributed by atoms with van der Waals surface area (Å²) in [5.74, 6) is 0. The van der Waals surface area contributed by atoms with E-state index in [1.54, 1.807) is 0 Å². The standard InChI is InChI=1S/C15H22N2O2S/c1-2-13-12-6-9-20-14(12)5-7-17(13)15(18)16-10-11-4-3-8-19-11/h6,9,11,13H,2-5,7-8,10H2,1H3,(H,16,18). The molecule has 1 N–H and O–H groups in total. The Labute approximate surface area is 124 Å². The molecule has 0 radical (unpaired) electrons. The summed E-state index contributed by atoms with van der Waals surface area (Å²) < 4.78 is 5.56. The van der Waals surface area contributed by atoms with Crippen molar-refractivity contribution >= 4 is 17.4 Å². The maximum Gasteiger partial charge on any atom is 0.318 e. The Bertz CT molecular complexity index is 468. The van der Waals surface area contributed by atoms with Crippen LogP contribution in [-0.2, 0) is 11.2 Å². The molecule has 3 rings (SSSR count). The van der Waals surface area contributed by atoms with Gasteiger partial charge in [0.2, 0.25) is 0 Å². The van der Waals surface area contributed by atoms with Crippen molar-refractivity contribution in [3.05, 3.63) is 21.9 Å². The molecule has 1 aromatic rings. The molecule has 110 valence electrons. The van der Waals surface area contributed by atoms with Gasteiger partial charge in [0.15, 0.2) is 0 Å². The molecule has 2 amide bonds. The number of carbonyl (C=O) groups excluding carboxylic acids is 1. The van der Waals surface area contributed by atoms with E-state index in [1.807, 2.05) is 16.2 Å². The van der Waals surface area contributed by atoms with Gasteiger partial charge in [-0.2, -0.15) is 0 Å². The first-order valence-corrected chi connectivity index (χ1v) is 8.40. The highest BCUT2D eigenvalue weighted by Crippen LogP contribution is 2.35. The Kier molecular flexibility index (Phi) is 4.27. The zero-order chi connectivity index (χ0) is 13.9. The number of thiophene rings is 1. The van der Waals surface area contributed by atoms with E-state index < -0.39 is 0 Å². The maximum absolute atomic E-state index is 12.4. The second-order valence-electron chi connectivity index (χ2n) is 5.49. The van der Waals surface area contributed by atoms with Gasteiger partial charge in [0, 0.05) is 24.6 Å². The lowest BCUT2D eigenvalue weighted by Crippen LogP contribution is -2.46. The minimum absolute atomic E-state index is 0.0594. The first-order valence-electron chi connectivity index (χ1n) is 7.52. The number of nitrogens with one attached hydrogen (secondary N) is 1. The smallest absolute Gasteiger partial charge is 0.318 e. The number of carbonyl (C=O) groups is 1. The fraction of sp³-hybridized carbons (Fsp3) is 0.667. The summed E-state index contributed by atoms with van der Waals surface area (Å²) >= 11 is 1.81. The van der Waals surface area contributed by atoms with Crippen LogP contribution >= 0.6 is 11.3 Å². The van der Waals surface area contributed by atoms with Crippen LogP contribution in [0, 0.1) is 0 Å². The Morgan fingerprint density at radius 1 is 1.60 bits per heavy atom. The third-order valence-corrected chi connectivity index (χ3v) is 5.24. The first kappa shape index (κ1) is 13.9. The third kappa shape index (κ3) is 2.69. The molecule has 3 heterocycles. The number of hydrogen-bond acceptors (Lipinski definition) is 3. The number of rotatable bonds is 3. The summed E-state index contributed by atoms with van der Waals surface area (Å²) in [6.07, 6.45) is 4.33. The summed E-state index contributed by atoms with van der Waals surface area (Å²) in [6.45, 7) is 4.45. The van der Waals surface area contributed by atoms with Gasteiger partial charge in [-0.25, -0.2) is 4.79 Å². The lowest BCUT2D eigenvalue weighted by Gasteiger charge is -2.35. The van der Waals surface area contributed by atoms with Crippen LogP contribution in [0.3, 0.4) is 0 Å². The van der Waals surface area contributed by atoms with E-state index >= 15 is 0 Å². The molecule has 2 unspecified atom stereocenters. The SMILES string of the molecule is CCC1c2ccsc2CCN1C(=O)NCC1CCCO1. The largest absolute Gasteiger partial charge is 0.376 e. The molecular formula is C15H22N2O2S. The normalized spacial score (nSPS) is 25.6. The second kappa shape index (κ2) is 6.14. The number of amides is 2. The topological polar surface area (TPSA) is 41.6 Å². The molecule has 2 aliphatic heterocycles. The third-order valence-electron chi connectivity index (χ3n) is 4.25. The lowest BCUT2D eigenvalue weighted by molar-refractivity contribution is 0.106. The van der Waals surface area contributed by atoms with E-state index in [4.69, 9.17) is 4.74 Å². The Balaban J connectivity index is 1.62.